The number of benzene rings is 1. The van der Waals surface area contributed by atoms with Crippen LogP contribution in [-0.4, -0.2) is 27.9 Å². The Bertz CT molecular complexity index is 597. The molecule has 0 fully saturated rings. The number of rotatable bonds is 5. The summed E-state index contributed by atoms with van der Waals surface area (Å²) >= 11 is 6.15. The highest BCUT2D eigenvalue weighted by Gasteiger charge is 2.13. The fourth-order valence-corrected chi connectivity index (χ4v) is 1.67. The van der Waals surface area contributed by atoms with Gasteiger partial charge in [-0.2, -0.15) is 0 Å². The zero-order valence-corrected chi connectivity index (χ0v) is 10.8. The predicted octanol–water partition coefficient (Wildman–Crippen LogP) is 2.30. The van der Waals surface area contributed by atoms with Gasteiger partial charge in [-0.3, -0.25) is 0 Å². The van der Waals surface area contributed by atoms with Gasteiger partial charge in [-0.1, -0.05) is 23.7 Å². The zero-order valence-electron chi connectivity index (χ0n) is 10.1. The molecule has 0 aliphatic heterocycles. The van der Waals surface area contributed by atoms with Crippen molar-refractivity contribution in [2.75, 3.05) is 6.61 Å². The first kappa shape index (κ1) is 13.5. The molecule has 19 heavy (non-hydrogen) atoms. The van der Waals surface area contributed by atoms with Crippen molar-refractivity contribution in [3.63, 3.8) is 0 Å². The van der Waals surface area contributed by atoms with Crippen LogP contribution >= 0.6 is 11.6 Å². The fourth-order valence-electron chi connectivity index (χ4n) is 1.46. The number of carboxylic acid groups (broad SMARTS) is 1. The predicted molar refractivity (Wildman–Crippen MR) is 66.8 cm³/mol. The summed E-state index contributed by atoms with van der Waals surface area (Å²) in [5.74, 6) is -0.571. The van der Waals surface area contributed by atoms with E-state index in [1.807, 2.05) is 19.1 Å². The van der Waals surface area contributed by atoms with Gasteiger partial charge >= 0.3 is 5.97 Å². The Balaban J connectivity index is 2.12. The van der Waals surface area contributed by atoms with Gasteiger partial charge in [0.1, 0.15) is 13.2 Å². The first-order chi connectivity index (χ1) is 9.08. The van der Waals surface area contributed by atoms with Gasteiger partial charge in [0.15, 0.2) is 0 Å². The van der Waals surface area contributed by atoms with Gasteiger partial charge < -0.3 is 14.3 Å². The van der Waals surface area contributed by atoms with Gasteiger partial charge in [0.05, 0.1) is 10.6 Å². The molecule has 0 unspecified atom stereocenters. The number of carbonyl (C=O) groups is 1. The highest BCUT2D eigenvalue weighted by atomic mass is 35.5. The third-order valence-corrected chi connectivity index (χ3v) is 2.84. The van der Waals surface area contributed by atoms with Crippen molar-refractivity contribution >= 4 is 17.6 Å². The van der Waals surface area contributed by atoms with Crippen molar-refractivity contribution in [1.29, 1.82) is 0 Å². The largest absolute Gasteiger partial charge is 0.480 e. The molecular weight excluding hydrogens is 272 g/mol. The van der Waals surface area contributed by atoms with E-state index in [1.165, 1.54) is 0 Å². The van der Waals surface area contributed by atoms with E-state index in [0.717, 1.165) is 5.56 Å². The lowest BCUT2D eigenvalue weighted by molar-refractivity contribution is -0.142. The van der Waals surface area contributed by atoms with Gasteiger partial charge in [-0.25, -0.2) is 4.79 Å². The number of carboxylic acids is 1. The summed E-state index contributed by atoms with van der Waals surface area (Å²) in [5.41, 5.74) is 1.54. The number of aromatic nitrogens is 2. The van der Waals surface area contributed by atoms with Crippen molar-refractivity contribution in [3.8, 4) is 11.5 Å². The molecule has 0 saturated heterocycles. The van der Waals surface area contributed by atoms with Crippen molar-refractivity contribution in [1.82, 2.24) is 10.2 Å². The minimum atomic E-state index is -1.05. The van der Waals surface area contributed by atoms with Crippen LogP contribution in [0.1, 0.15) is 11.5 Å². The molecule has 1 aromatic carbocycles. The number of aliphatic carboxylic acids is 1. The van der Waals surface area contributed by atoms with Crippen LogP contribution in [0.25, 0.3) is 11.5 Å². The first-order valence-electron chi connectivity index (χ1n) is 5.45. The summed E-state index contributed by atoms with van der Waals surface area (Å²) in [6, 6.07) is 5.48. The highest BCUT2D eigenvalue weighted by molar-refractivity contribution is 6.33. The Morgan fingerprint density at radius 2 is 2.26 bits per heavy atom. The van der Waals surface area contributed by atoms with Crippen molar-refractivity contribution in [3.05, 3.63) is 34.7 Å². The molecule has 1 N–H and O–H groups in total. The van der Waals surface area contributed by atoms with Gasteiger partial charge in [0, 0.05) is 0 Å². The normalized spacial score (nSPS) is 10.6. The Morgan fingerprint density at radius 1 is 1.47 bits per heavy atom. The van der Waals surface area contributed by atoms with Gasteiger partial charge in [0.2, 0.25) is 11.8 Å². The van der Waals surface area contributed by atoms with E-state index in [9.17, 15) is 4.79 Å². The average molecular weight is 283 g/mol. The maximum Gasteiger partial charge on any atom is 0.329 e. The minimum absolute atomic E-state index is 0.0528. The van der Waals surface area contributed by atoms with E-state index in [1.54, 1.807) is 6.07 Å². The summed E-state index contributed by atoms with van der Waals surface area (Å²) in [6.07, 6.45) is 0. The lowest BCUT2D eigenvalue weighted by Crippen LogP contribution is -2.06. The summed E-state index contributed by atoms with van der Waals surface area (Å²) < 4.78 is 10.2. The lowest BCUT2D eigenvalue weighted by Gasteiger charge is -2.01. The SMILES string of the molecule is Cc1cccc(-c2nnc(COCC(=O)O)o2)c1Cl. The van der Waals surface area contributed by atoms with Crippen LogP contribution in [0.4, 0.5) is 0 Å². The van der Waals surface area contributed by atoms with E-state index in [0.29, 0.717) is 10.6 Å². The number of nitrogens with zero attached hydrogens (tertiary/aromatic N) is 2. The Morgan fingerprint density at radius 3 is 3.00 bits per heavy atom. The standard InChI is InChI=1S/C12H11ClN2O4/c1-7-3-2-4-8(11(7)13)12-15-14-9(19-12)5-18-6-10(16)17/h2-4H,5-6H2,1H3,(H,16,17). The van der Waals surface area contributed by atoms with E-state index in [2.05, 4.69) is 10.2 Å². The van der Waals surface area contributed by atoms with Crippen molar-refractivity contribution in [2.24, 2.45) is 0 Å². The van der Waals surface area contributed by atoms with Crippen molar-refractivity contribution < 1.29 is 19.1 Å². The molecule has 0 radical (unpaired) electrons. The van der Waals surface area contributed by atoms with Gasteiger partial charge in [-0.15, -0.1) is 10.2 Å². The molecule has 0 atom stereocenters. The summed E-state index contributed by atoms with van der Waals surface area (Å²) in [7, 11) is 0. The molecule has 7 heteroatoms. The van der Waals surface area contributed by atoms with E-state index in [-0.39, 0.29) is 18.4 Å². The van der Waals surface area contributed by atoms with Crippen molar-refractivity contribution in [2.45, 2.75) is 13.5 Å². The Kier molecular flexibility index (Phi) is 4.13. The number of hydrogen-bond donors (Lipinski definition) is 1. The highest BCUT2D eigenvalue weighted by Crippen LogP contribution is 2.29. The molecule has 0 amide bonds. The number of aryl methyl sites for hydroxylation is 1. The Labute approximate surface area is 114 Å². The summed E-state index contributed by atoms with van der Waals surface area (Å²) in [4.78, 5) is 10.3. The maximum absolute atomic E-state index is 10.3. The molecule has 0 aliphatic rings. The smallest absolute Gasteiger partial charge is 0.329 e. The van der Waals surface area contributed by atoms with Crippen LogP contribution in [-0.2, 0) is 16.1 Å². The lowest BCUT2D eigenvalue weighted by atomic mass is 10.1. The molecule has 6 nitrogen and oxygen atoms in total. The third-order valence-electron chi connectivity index (χ3n) is 2.34. The summed E-state index contributed by atoms with van der Waals surface area (Å²) in [5, 5.41) is 16.6. The first-order valence-corrected chi connectivity index (χ1v) is 5.83. The molecule has 0 bridgehead atoms. The average Bonchev–Trinajstić information content (AvgIpc) is 2.81. The second-order valence-corrected chi connectivity index (χ2v) is 4.20. The van der Waals surface area contributed by atoms with Gasteiger partial charge in [0.25, 0.3) is 0 Å². The van der Waals surface area contributed by atoms with Crippen LogP contribution in [0, 0.1) is 6.92 Å². The minimum Gasteiger partial charge on any atom is -0.480 e. The second kappa shape index (κ2) is 5.81. The molecule has 0 saturated carbocycles. The monoisotopic (exact) mass is 282 g/mol. The van der Waals surface area contributed by atoms with Crippen LogP contribution in [0.2, 0.25) is 5.02 Å². The fraction of sp³-hybridized carbons (Fsp3) is 0.250. The molecule has 0 aliphatic carbocycles. The molecule has 0 spiro atoms. The Hall–Kier alpha value is -1.92. The van der Waals surface area contributed by atoms with E-state index >= 15 is 0 Å². The molecule has 2 rings (SSSR count). The quantitative estimate of drug-likeness (QED) is 0.905. The van der Waals surface area contributed by atoms with Gasteiger partial charge in [-0.05, 0) is 18.6 Å². The summed E-state index contributed by atoms with van der Waals surface area (Å²) in [6.45, 7) is 1.41. The molecule has 100 valence electrons. The van der Waals surface area contributed by atoms with Crippen LogP contribution in [0.15, 0.2) is 22.6 Å². The molecule has 1 aromatic heterocycles. The number of hydrogen-bond acceptors (Lipinski definition) is 5. The van der Waals surface area contributed by atoms with Crippen LogP contribution in [0.3, 0.4) is 0 Å². The van der Waals surface area contributed by atoms with Crippen LogP contribution in [0.5, 0.6) is 0 Å². The second-order valence-electron chi connectivity index (χ2n) is 3.82. The number of halogens is 1. The van der Waals surface area contributed by atoms with E-state index < -0.39 is 12.6 Å². The maximum atomic E-state index is 10.3. The zero-order chi connectivity index (χ0) is 13.8. The third kappa shape index (κ3) is 3.30. The molecular formula is C12H11ClN2O4. The number of ether oxygens (including phenoxy) is 1. The topological polar surface area (TPSA) is 85.5 Å². The van der Waals surface area contributed by atoms with Crippen LogP contribution < -0.4 is 0 Å². The van der Waals surface area contributed by atoms with E-state index in [4.69, 9.17) is 25.9 Å². The molecule has 2 aromatic rings. The molecule has 1 heterocycles.